The number of methoxy groups -OCH3 is 1. The Hall–Kier alpha value is -4.35. The standard InChI is InChI=1S/C32H37F3N4O5/c1-16-26(19-8-10-20(11-9-19)29(40)41)25(43-7)15-24-27(16)28(38-18(3)37-24)36-17(2)21-12-22(32(33,34)35)14-23(13-21)39-30(42)44-31(4,5)6/h8,12-15,17,20H,9-11H2,1-7H3,(H,39,42)(H,40,41)(H,36,37,38)/t17-,20?/m1/s1. The Labute approximate surface area is 253 Å². The van der Waals surface area contributed by atoms with Crippen LogP contribution in [0.1, 0.15) is 81.1 Å². The van der Waals surface area contributed by atoms with Gasteiger partial charge < -0.3 is 19.9 Å². The number of hydrogen-bond acceptors (Lipinski definition) is 7. The highest BCUT2D eigenvalue weighted by atomic mass is 19.4. The molecule has 236 valence electrons. The number of aliphatic carboxylic acids is 1. The molecule has 2 atom stereocenters. The van der Waals surface area contributed by atoms with Crippen LogP contribution >= 0.6 is 0 Å². The quantitative estimate of drug-likeness (QED) is 0.244. The molecule has 12 heteroatoms. The predicted molar refractivity (Wildman–Crippen MR) is 162 cm³/mol. The average molecular weight is 615 g/mol. The number of aromatic nitrogens is 2. The van der Waals surface area contributed by atoms with Gasteiger partial charge in [-0.15, -0.1) is 0 Å². The molecule has 0 radical (unpaired) electrons. The van der Waals surface area contributed by atoms with E-state index >= 15 is 0 Å². The van der Waals surface area contributed by atoms with Crippen molar-refractivity contribution in [3.8, 4) is 5.75 Å². The van der Waals surface area contributed by atoms with E-state index in [9.17, 15) is 27.9 Å². The first-order valence-electron chi connectivity index (χ1n) is 14.2. The van der Waals surface area contributed by atoms with Crippen molar-refractivity contribution in [3.63, 3.8) is 0 Å². The molecule has 44 heavy (non-hydrogen) atoms. The van der Waals surface area contributed by atoms with Crippen LogP contribution < -0.4 is 15.4 Å². The summed E-state index contributed by atoms with van der Waals surface area (Å²) < 4.78 is 52.6. The van der Waals surface area contributed by atoms with E-state index in [2.05, 4.69) is 20.6 Å². The molecule has 1 aliphatic carbocycles. The zero-order valence-corrected chi connectivity index (χ0v) is 25.8. The number of benzene rings is 2. The molecular weight excluding hydrogens is 577 g/mol. The Kier molecular flexibility index (Phi) is 9.13. The number of allylic oxidation sites excluding steroid dienone is 2. The van der Waals surface area contributed by atoms with E-state index in [-0.39, 0.29) is 11.3 Å². The monoisotopic (exact) mass is 614 g/mol. The summed E-state index contributed by atoms with van der Waals surface area (Å²) in [6.45, 7) is 10.3. The Morgan fingerprint density at radius 1 is 1.09 bits per heavy atom. The van der Waals surface area contributed by atoms with Crippen LogP contribution in [0, 0.1) is 19.8 Å². The lowest BCUT2D eigenvalue weighted by atomic mass is 9.84. The van der Waals surface area contributed by atoms with Crippen molar-refractivity contribution in [1.82, 2.24) is 9.97 Å². The van der Waals surface area contributed by atoms with E-state index in [1.165, 1.54) is 6.07 Å². The molecule has 0 bridgehead atoms. The third kappa shape index (κ3) is 7.40. The topological polar surface area (TPSA) is 123 Å². The lowest BCUT2D eigenvalue weighted by molar-refractivity contribution is -0.142. The second-order valence-corrected chi connectivity index (χ2v) is 12.0. The summed E-state index contributed by atoms with van der Waals surface area (Å²) >= 11 is 0. The number of halogens is 3. The van der Waals surface area contributed by atoms with Crippen LogP contribution in [0.4, 0.5) is 29.5 Å². The molecule has 3 aromatic rings. The number of aryl methyl sites for hydroxylation is 2. The van der Waals surface area contributed by atoms with Gasteiger partial charge in [-0.05, 0) is 95.7 Å². The highest BCUT2D eigenvalue weighted by Gasteiger charge is 2.32. The summed E-state index contributed by atoms with van der Waals surface area (Å²) in [5, 5.41) is 15.8. The van der Waals surface area contributed by atoms with Crippen molar-refractivity contribution in [2.75, 3.05) is 17.7 Å². The summed E-state index contributed by atoms with van der Waals surface area (Å²) in [4.78, 5) is 33.1. The molecule has 1 heterocycles. The summed E-state index contributed by atoms with van der Waals surface area (Å²) in [5.74, 6) is 0.171. The van der Waals surface area contributed by atoms with Gasteiger partial charge >= 0.3 is 18.2 Å². The molecule has 9 nitrogen and oxygen atoms in total. The van der Waals surface area contributed by atoms with Gasteiger partial charge in [0.05, 0.1) is 30.1 Å². The molecule has 1 amide bonds. The van der Waals surface area contributed by atoms with E-state index in [0.29, 0.717) is 47.6 Å². The number of carboxylic acid groups (broad SMARTS) is 1. The Balaban J connectivity index is 1.77. The average Bonchev–Trinajstić information content (AvgIpc) is 2.90. The van der Waals surface area contributed by atoms with Crippen molar-refractivity contribution in [3.05, 3.63) is 58.4 Å². The Morgan fingerprint density at radius 2 is 1.80 bits per heavy atom. The zero-order chi connectivity index (χ0) is 32.6. The molecule has 0 saturated heterocycles. The van der Waals surface area contributed by atoms with Gasteiger partial charge in [0.25, 0.3) is 0 Å². The highest BCUT2D eigenvalue weighted by Crippen LogP contribution is 2.42. The highest BCUT2D eigenvalue weighted by molar-refractivity contribution is 5.98. The number of carbonyl (C=O) groups is 2. The van der Waals surface area contributed by atoms with Crippen molar-refractivity contribution in [1.29, 1.82) is 0 Å². The Morgan fingerprint density at radius 3 is 2.36 bits per heavy atom. The summed E-state index contributed by atoms with van der Waals surface area (Å²) in [7, 11) is 1.55. The first-order chi connectivity index (χ1) is 20.5. The van der Waals surface area contributed by atoms with Gasteiger partial charge in [0.1, 0.15) is 23.0 Å². The lowest BCUT2D eigenvalue weighted by Crippen LogP contribution is -2.27. The van der Waals surface area contributed by atoms with Crippen molar-refractivity contribution in [2.24, 2.45) is 5.92 Å². The smallest absolute Gasteiger partial charge is 0.416 e. The van der Waals surface area contributed by atoms with E-state index in [0.717, 1.165) is 28.8 Å². The first-order valence-corrected chi connectivity index (χ1v) is 14.2. The van der Waals surface area contributed by atoms with Gasteiger partial charge in [-0.1, -0.05) is 6.08 Å². The molecular formula is C32H37F3N4O5. The number of hydrogen-bond donors (Lipinski definition) is 3. The second-order valence-electron chi connectivity index (χ2n) is 12.0. The number of fused-ring (bicyclic) bond motifs is 1. The number of anilines is 2. The number of alkyl halides is 3. The van der Waals surface area contributed by atoms with Crippen LogP contribution in [0.25, 0.3) is 16.5 Å². The third-order valence-electron chi connectivity index (χ3n) is 7.40. The molecule has 0 fully saturated rings. The maximum absolute atomic E-state index is 13.9. The summed E-state index contributed by atoms with van der Waals surface area (Å²) in [6, 6.07) is 4.46. The van der Waals surface area contributed by atoms with Gasteiger partial charge in [0.15, 0.2) is 0 Å². The number of amides is 1. The van der Waals surface area contributed by atoms with Crippen LogP contribution in [0.3, 0.4) is 0 Å². The van der Waals surface area contributed by atoms with E-state index in [1.54, 1.807) is 47.8 Å². The predicted octanol–water partition coefficient (Wildman–Crippen LogP) is 8.06. The molecule has 1 aromatic heterocycles. The molecule has 3 N–H and O–H groups in total. The molecule has 4 rings (SSSR count). The fourth-order valence-corrected chi connectivity index (χ4v) is 5.37. The number of ether oxygens (including phenoxy) is 2. The number of nitrogens with one attached hydrogen (secondary N) is 2. The summed E-state index contributed by atoms with van der Waals surface area (Å²) in [6.07, 6.45) is -2.18. The minimum atomic E-state index is -4.66. The molecule has 2 aromatic carbocycles. The lowest BCUT2D eigenvalue weighted by Gasteiger charge is -2.24. The largest absolute Gasteiger partial charge is 0.496 e. The van der Waals surface area contributed by atoms with Crippen LogP contribution in [0.5, 0.6) is 5.75 Å². The first kappa shape index (κ1) is 32.6. The number of carboxylic acids is 1. The molecule has 1 unspecified atom stereocenters. The van der Waals surface area contributed by atoms with Gasteiger partial charge in [0.2, 0.25) is 0 Å². The molecule has 0 saturated carbocycles. The van der Waals surface area contributed by atoms with Gasteiger partial charge in [-0.3, -0.25) is 10.1 Å². The van der Waals surface area contributed by atoms with Crippen molar-refractivity contribution < 1.29 is 37.3 Å². The van der Waals surface area contributed by atoms with Crippen LogP contribution in [-0.4, -0.2) is 39.8 Å². The maximum Gasteiger partial charge on any atom is 0.416 e. The van der Waals surface area contributed by atoms with E-state index < -0.39 is 41.4 Å². The molecule has 1 aliphatic rings. The maximum atomic E-state index is 13.9. The number of rotatable bonds is 7. The number of carbonyl (C=O) groups excluding carboxylic acids is 1. The van der Waals surface area contributed by atoms with E-state index in [4.69, 9.17) is 9.47 Å². The zero-order valence-electron chi connectivity index (χ0n) is 25.8. The van der Waals surface area contributed by atoms with Crippen molar-refractivity contribution in [2.45, 2.75) is 78.6 Å². The fraction of sp³-hybridized carbons (Fsp3) is 0.438. The normalized spacial score (nSPS) is 16.2. The Bertz CT molecular complexity index is 1630. The SMILES string of the molecule is COc1cc2nc(C)nc(N[C@H](C)c3cc(NC(=O)OC(C)(C)C)cc(C(F)(F)F)c3)c2c(C)c1C1=CCC(C(=O)O)CC1. The van der Waals surface area contributed by atoms with Crippen LogP contribution in [0.2, 0.25) is 0 Å². The number of nitrogens with zero attached hydrogens (tertiary/aromatic N) is 2. The minimum Gasteiger partial charge on any atom is -0.496 e. The second kappa shape index (κ2) is 12.3. The summed E-state index contributed by atoms with van der Waals surface area (Å²) in [5.41, 5.74) is 1.59. The van der Waals surface area contributed by atoms with E-state index in [1.807, 2.05) is 13.0 Å². The van der Waals surface area contributed by atoms with Crippen LogP contribution in [-0.2, 0) is 15.7 Å². The van der Waals surface area contributed by atoms with Crippen LogP contribution in [0.15, 0.2) is 30.3 Å². The van der Waals surface area contributed by atoms with Gasteiger partial charge in [-0.25, -0.2) is 14.8 Å². The third-order valence-corrected chi connectivity index (χ3v) is 7.40. The fourth-order valence-electron chi connectivity index (χ4n) is 5.37. The minimum absolute atomic E-state index is 0.0615. The molecule has 0 spiro atoms. The van der Waals surface area contributed by atoms with Gasteiger partial charge in [0, 0.05) is 22.7 Å². The van der Waals surface area contributed by atoms with Gasteiger partial charge in [-0.2, -0.15) is 13.2 Å². The van der Waals surface area contributed by atoms with Crippen molar-refractivity contribution >= 4 is 40.0 Å². The molecule has 0 aliphatic heterocycles.